The van der Waals surface area contributed by atoms with E-state index in [0.29, 0.717) is 54.1 Å². The van der Waals surface area contributed by atoms with Crippen molar-refractivity contribution < 1.29 is 28.6 Å². The standard InChI is InChI=1S/C32H32O6/c1-6-9-30(33)38-29-20-25(23-10-15-26(16-11-23)36-31(34)21(4)7-2)14-19-28(29)24-12-17-27(18-13-24)37-32(35)22(5)8-3/h10-20H,4-9H2,1-3H3. The van der Waals surface area contributed by atoms with Crippen LogP contribution in [0.4, 0.5) is 0 Å². The lowest BCUT2D eigenvalue weighted by atomic mass is 9.99. The van der Waals surface area contributed by atoms with Gasteiger partial charge in [-0.3, -0.25) is 4.79 Å². The lowest BCUT2D eigenvalue weighted by Gasteiger charge is -2.14. The molecule has 3 aromatic carbocycles. The summed E-state index contributed by atoms with van der Waals surface area (Å²) in [6.07, 6.45) is 1.99. The van der Waals surface area contributed by atoms with Crippen molar-refractivity contribution in [2.45, 2.75) is 46.5 Å². The maximum atomic E-state index is 12.4. The fourth-order valence-corrected chi connectivity index (χ4v) is 3.47. The fraction of sp³-hybridized carbons (Fsp3) is 0.219. The average Bonchev–Trinajstić information content (AvgIpc) is 2.93. The van der Waals surface area contributed by atoms with Gasteiger partial charge in [-0.15, -0.1) is 0 Å². The molecule has 0 aromatic heterocycles. The van der Waals surface area contributed by atoms with Crippen LogP contribution in [-0.2, 0) is 14.4 Å². The summed E-state index contributed by atoms with van der Waals surface area (Å²) in [5.41, 5.74) is 4.00. The van der Waals surface area contributed by atoms with Gasteiger partial charge in [-0.2, -0.15) is 0 Å². The highest BCUT2D eigenvalue weighted by atomic mass is 16.5. The van der Waals surface area contributed by atoms with E-state index < -0.39 is 11.9 Å². The Labute approximate surface area is 223 Å². The van der Waals surface area contributed by atoms with Gasteiger partial charge in [-0.05, 0) is 66.3 Å². The Balaban J connectivity index is 1.89. The van der Waals surface area contributed by atoms with Crippen LogP contribution in [0.5, 0.6) is 17.2 Å². The normalized spacial score (nSPS) is 10.4. The maximum Gasteiger partial charge on any atom is 0.338 e. The van der Waals surface area contributed by atoms with Gasteiger partial charge in [0.05, 0.1) is 0 Å². The minimum Gasteiger partial charge on any atom is -0.426 e. The monoisotopic (exact) mass is 512 g/mol. The fourth-order valence-electron chi connectivity index (χ4n) is 3.47. The molecule has 0 aliphatic carbocycles. The van der Waals surface area contributed by atoms with Crippen molar-refractivity contribution in [2.24, 2.45) is 0 Å². The average molecular weight is 513 g/mol. The highest BCUT2D eigenvalue weighted by molar-refractivity contribution is 5.90. The number of hydrogen-bond acceptors (Lipinski definition) is 6. The van der Waals surface area contributed by atoms with E-state index in [1.807, 2.05) is 51.1 Å². The molecule has 0 aliphatic rings. The summed E-state index contributed by atoms with van der Waals surface area (Å²) in [4.78, 5) is 36.4. The van der Waals surface area contributed by atoms with E-state index in [4.69, 9.17) is 14.2 Å². The highest BCUT2D eigenvalue weighted by Gasteiger charge is 2.15. The molecule has 196 valence electrons. The molecular formula is C32H32O6. The predicted molar refractivity (Wildman–Crippen MR) is 148 cm³/mol. The smallest absolute Gasteiger partial charge is 0.338 e. The summed E-state index contributed by atoms with van der Waals surface area (Å²) < 4.78 is 16.4. The second-order valence-corrected chi connectivity index (χ2v) is 8.68. The van der Waals surface area contributed by atoms with Gasteiger partial charge in [0.1, 0.15) is 17.2 Å². The number of hydrogen-bond donors (Lipinski definition) is 0. The second-order valence-electron chi connectivity index (χ2n) is 8.68. The molecule has 3 rings (SSSR count). The number of benzene rings is 3. The third kappa shape index (κ3) is 7.29. The molecule has 0 N–H and O–H groups in total. The molecule has 0 atom stereocenters. The topological polar surface area (TPSA) is 78.9 Å². The number of rotatable bonds is 11. The van der Waals surface area contributed by atoms with Crippen LogP contribution in [0.2, 0.25) is 0 Å². The van der Waals surface area contributed by atoms with Gasteiger partial charge in [0.2, 0.25) is 0 Å². The van der Waals surface area contributed by atoms with Gasteiger partial charge in [0.15, 0.2) is 0 Å². The van der Waals surface area contributed by atoms with Crippen molar-refractivity contribution in [3.05, 3.63) is 91.0 Å². The third-order valence-electron chi connectivity index (χ3n) is 5.86. The van der Waals surface area contributed by atoms with E-state index in [2.05, 4.69) is 13.2 Å². The zero-order valence-corrected chi connectivity index (χ0v) is 22.0. The second kappa shape index (κ2) is 13.2. The number of esters is 3. The molecular weight excluding hydrogens is 480 g/mol. The van der Waals surface area contributed by atoms with Crippen molar-refractivity contribution in [1.29, 1.82) is 0 Å². The Morgan fingerprint density at radius 3 is 1.58 bits per heavy atom. The summed E-state index contributed by atoms with van der Waals surface area (Å²) in [6.45, 7) is 13.0. The quantitative estimate of drug-likeness (QED) is 0.151. The Morgan fingerprint density at radius 2 is 1.11 bits per heavy atom. The van der Waals surface area contributed by atoms with Crippen LogP contribution in [-0.4, -0.2) is 17.9 Å². The molecule has 0 heterocycles. The van der Waals surface area contributed by atoms with Crippen LogP contribution in [0.15, 0.2) is 91.0 Å². The Kier molecular flexibility index (Phi) is 9.77. The molecule has 3 aromatic rings. The van der Waals surface area contributed by atoms with Gasteiger partial charge in [0, 0.05) is 23.1 Å². The predicted octanol–water partition coefficient (Wildman–Crippen LogP) is 7.47. The lowest BCUT2D eigenvalue weighted by Crippen LogP contribution is -2.09. The van der Waals surface area contributed by atoms with Crippen molar-refractivity contribution in [3.8, 4) is 39.5 Å². The third-order valence-corrected chi connectivity index (χ3v) is 5.86. The first kappa shape index (κ1) is 28.1. The van der Waals surface area contributed by atoms with Crippen LogP contribution >= 0.6 is 0 Å². The molecule has 0 amide bonds. The zero-order valence-electron chi connectivity index (χ0n) is 22.0. The maximum absolute atomic E-state index is 12.4. The molecule has 0 radical (unpaired) electrons. The van der Waals surface area contributed by atoms with Gasteiger partial charge in [0.25, 0.3) is 0 Å². The summed E-state index contributed by atoms with van der Waals surface area (Å²) in [5.74, 6) is -0.00547. The molecule has 0 bridgehead atoms. The molecule has 0 unspecified atom stereocenters. The summed E-state index contributed by atoms with van der Waals surface area (Å²) >= 11 is 0. The van der Waals surface area contributed by atoms with Crippen molar-refractivity contribution in [2.75, 3.05) is 0 Å². The van der Waals surface area contributed by atoms with Crippen LogP contribution in [0.25, 0.3) is 22.3 Å². The van der Waals surface area contributed by atoms with Gasteiger partial charge in [-0.1, -0.05) is 70.3 Å². The first-order valence-electron chi connectivity index (χ1n) is 12.6. The number of ether oxygens (including phenoxy) is 3. The summed E-state index contributed by atoms with van der Waals surface area (Å²) in [7, 11) is 0. The molecule has 0 fully saturated rings. The van der Waals surface area contributed by atoms with Gasteiger partial charge < -0.3 is 14.2 Å². The van der Waals surface area contributed by atoms with E-state index in [-0.39, 0.29) is 5.97 Å². The SMILES string of the molecule is C=C(CC)C(=O)Oc1ccc(-c2ccc(-c3ccc(OC(=O)C(=C)CC)cc3)c(OC(=O)CCC)c2)cc1. The first-order chi connectivity index (χ1) is 18.2. The molecule has 0 aliphatic heterocycles. The van der Waals surface area contributed by atoms with E-state index in [0.717, 1.165) is 22.3 Å². The minimum absolute atomic E-state index is 0.295. The molecule has 0 saturated carbocycles. The van der Waals surface area contributed by atoms with Crippen molar-refractivity contribution >= 4 is 17.9 Å². The van der Waals surface area contributed by atoms with E-state index in [1.165, 1.54) is 0 Å². The van der Waals surface area contributed by atoms with E-state index >= 15 is 0 Å². The summed E-state index contributed by atoms with van der Waals surface area (Å²) in [6, 6.07) is 19.7. The molecule has 6 heteroatoms. The van der Waals surface area contributed by atoms with E-state index in [9.17, 15) is 14.4 Å². The van der Waals surface area contributed by atoms with Gasteiger partial charge in [-0.25, -0.2) is 9.59 Å². The number of carbonyl (C=O) groups is 3. The summed E-state index contributed by atoms with van der Waals surface area (Å²) in [5, 5.41) is 0. The molecule has 0 spiro atoms. The van der Waals surface area contributed by atoms with Crippen LogP contribution in [0.1, 0.15) is 46.5 Å². The van der Waals surface area contributed by atoms with Crippen molar-refractivity contribution in [1.82, 2.24) is 0 Å². The Hall–Kier alpha value is -4.45. The Bertz CT molecular complexity index is 1330. The molecule has 38 heavy (non-hydrogen) atoms. The van der Waals surface area contributed by atoms with Crippen LogP contribution in [0, 0.1) is 0 Å². The van der Waals surface area contributed by atoms with Gasteiger partial charge >= 0.3 is 17.9 Å². The zero-order chi connectivity index (χ0) is 27.7. The number of carbonyl (C=O) groups excluding carboxylic acids is 3. The Morgan fingerprint density at radius 1 is 0.632 bits per heavy atom. The highest BCUT2D eigenvalue weighted by Crippen LogP contribution is 2.36. The molecule has 6 nitrogen and oxygen atoms in total. The van der Waals surface area contributed by atoms with Crippen molar-refractivity contribution in [3.63, 3.8) is 0 Å². The lowest BCUT2D eigenvalue weighted by molar-refractivity contribution is -0.134. The molecule has 0 saturated heterocycles. The first-order valence-corrected chi connectivity index (χ1v) is 12.6. The van der Waals surface area contributed by atoms with E-state index in [1.54, 1.807) is 36.4 Å². The minimum atomic E-state index is -0.463. The van der Waals surface area contributed by atoms with Crippen LogP contribution < -0.4 is 14.2 Å². The largest absolute Gasteiger partial charge is 0.426 e. The van der Waals surface area contributed by atoms with Crippen LogP contribution in [0.3, 0.4) is 0 Å².